The Morgan fingerprint density at radius 1 is 1.21 bits per heavy atom. The molecule has 0 aliphatic heterocycles. The lowest BCUT2D eigenvalue weighted by Crippen LogP contribution is -2.13. The molecule has 4 nitrogen and oxygen atoms in total. The molecule has 1 aromatic rings. The van der Waals surface area contributed by atoms with E-state index in [4.69, 9.17) is 20.6 Å². The van der Waals surface area contributed by atoms with Gasteiger partial charge < -0.3 is 15.2 Å². The summed E-state index contributed by atoms with van der Waals surface area (Å²) in [7, 11) is 3.06. The molecule has 0 aromatic heterocycles. The van der Waals surface area contributed by atoms with E-state index in [-0.39, 0.29) is 18.2 Å². The molecular weight excluding hydrogens is 204 g/mol. The zero-order chi connectivity index (χ0) is 9.84. The molecule has 0 saturated carbocycles. The summed E-state index contributed by atoms with van der Waals surface area (Å²) in [5.74, 6) is 1.04. The average Bonchev–Trinajstić information content (AvgIpc) is 2.16. The van der Waals surface area contributed by atoms with Crippen LogP contribution in [0, 0.1) is 5.41 Å². The van der Waals surface area contributed by atoms with Crippen molar-refractivity contribution in [3.63, 3.8) is 0 Å². The van der Waals surface area contributed by atoms with Gasteiger partial charge in [0.25, 0.3) is 0 Å². The molecule has 0 fully saturated rings. The fraction of sp³-hybridized carbons (Fsp3) is 0.222. The maximum Gasteiger partial charge on any atom is 0.133 e. The Morgan fingerprint density at radius 2 is 1.64 bits per heavy atom. The fourth-order valence-corrected chi connectivity index (χ4v) is 1.12. The Balaban J connectivity index is 0.00000169. The molecule has 0 spiro atoms. The minimum atomic E-state index is -0.0608. The van der Waals surface area contributed by atoms with Crippen LogP contribution < -0.4 is 15.2 Å². The van der Waals surface area contributed by atoms with Gasteiger partial charge in [-0.1, -0.05) is 6.07 Å². The molecule has 0 heterocycles. The third-order valence-electron chi connectivity index (χ3n) is 1.70. The Hall–Kier alpha value is -1.42. The molecule has 0 aliphatic carbocycles. The van der Waals surface area contributed by atoms with E-state index in [9.17, 15) is 0 Å². The number of halogens is 1. The first kappa shape index (κ1) is 12.6. The summed E-state index contributed by atoms with van der Waals surface area (Å²) >= 11 is 0. The van der Waals surface area contributed by atoms with Gasteiger partial charge in [-0.05, 0) is 12.1 Å². The Kier molecular flexibility index (Phi) is 4.80. The standard InChI is InChI=1S/C9H12N2O2.ClH/c1-12-6-4-3-5-7(13-2)8(6)9(10)11;/h3-5H,1-2H3,(H3,10,11);1H. The first-order valence-electron chi connectivity index (χ1n) is 3.76. The lowest BCUT2D eigenvalue weighted by atomic mass is 10.1. The van der Waals surface area contributed by atoms with Gasteiger partial charge in [-0.2, -0.15) is 0 Å². The molecule has 0 atom stereocenters. The maximum atomic E-state index is 7.34. The molecule has 78 valence electrons. The summed E-state index contributed by atoms with van der Waals surface area (Å²) in [5, 5.41) is 7.34. The molecule has 3 N–H and O–H groups in total. The third-order valence-corrected chi connectivity index (χ3v) is 1.70. The van der Waals surface area contributed by atoms with Crippen molar-refractivity contribution >= 4 is 18.2 Å². The molecule has 0 unspecified atom stereocenters. The van der Waals surface area contributed by atoms with E-state index in [1.165, 1.54) is 14.2 Å². The number of nitrogen functional groups attached to an aromatic ring is 1. The number of benzene rings is 1. The Bertz CT molecular complexity index is 306. The zero-order valence-corrected chi connectivity index (χ0v) is 8.85. The minimum Gasteiger partial charge on any atom is -0.496 e. The largest absolute Gasteiger partial charge is 0.496 e. The van der Waals surface area contributed by atoms with Crippen LogP contribution in [0.15, 0.2) is 18.2 Å². The molecule has 5 heteroatoms. The number of rotatable bonds is 3. The number of methoxy groups -OCH3 is 2. The summed E-state index contributed by atoms with van der Waals surface area (Å²) in [6, 6.07) is 5.25. The topological polar surface area (TPSA) is 68.3 Å². The maximum absolute atomic E-state index is 7.34. The molecule has 0 radical (unpaired) electrons. The van der Waals surface area contributed by atoms with E-state index in [0.29, 0.717) is 17.1 Å². The number of nitrogens with two attached hydrogens (primary N) is 1. The number of nitrogens with one attached hydrogen (secondary N) is 1. The van der Waals surface area contributed by atoms with E-state index in [0.717, 1.165) is 0 Å². The van der Waals surface area contributed by atoms with Crippen LogP contribution in [0.25, 0.3) is 0 Å². The van der Waals surface area contributed by atoms with Crippen LogP contribution in [-0.2, 0) is 0 Å². The molecule has 0 saturated heterocycles. The monoisotopic (exact) mass is 216 g/mol. The number of ether oxygens (including phenoxy) is 2. The molecule has 1 aromatic carbocycles. The van der Waals surface area contributed by atoms with Gasteiger partial charge in [0, 0.05) is 0 Å². The van der Waals surface area contributed by atoms with Gasteiger partial charge in [-0.15, -0.1) is 12.4 Å². The highest BCUT2D eigenvalue weighted by Gasteiger charge is 2.11. The van der Waals surface area contributed by atoms with Crippen LogP contribution >= 0.6 is 12.4 Å². The van der Waals surface area contributed by atoms with Crippen molar-refractivity contribution in [2.75, 3.05) is 14.2 Å². The molecule has 14 heavy (non-hydrogen) atoms. The van der Waals surface area contributed by atoms with Crippen LogP contribution in [0.1, 0.15) is 5.56 Å². The van der Waals surface area contributed by atoms with Crippen LogP contribution in [0.5, 0.6) is 11.5 Å². The van der Waals surface area contributed by atoms with Crippen molar-refractivity contribution < 1.29 is 9.47 Å². The van der Waals surface area contributed by atoms with E-state index >= 15 is 0 Å². The molecule has 0 amide bonds. The van der Waals surface area contributed by atoms with Gasteiger partial charge in [-0.25, -0.2) is 0 Å². The van der Waals surface area contributed by atoms with Crippen LogP contribution in [0.4, 0.5) is 0 Å². The average molecular weight is 217 g/mol. The second-order valence-corrected chi connectivity index (χ2v) is 2.45. The van der Waals surface area contributed by atoms with Crippen molar-refractivity contribution in [1.82, 2.24) is 0 Å². The minimum absolute atomic E-state index is 0. The van der Waals surface area contributed by atoms with Crippen molar-refractivity contribution in [3.8, 4) is 11.5 Å². The fourth-order valence-electron chi connectivity index (χ4n) is 1.12. The normalized spacial score (nSPS) is 8.71. The molecule has 1 rings (SSSR count). The van der Waals surface area contributed by atoms with Gasteiger partial charge in [0.1, 0.15) is 17.3 Å². The summed E-state index contributed by atoms with van der Waals surface area (Å²) in [6.07, 6.45) is 0. The lowest BCUT2D eigenvalue weighted by molar-refractivity contribution is 0.392. The SMILES string of the molecule is COc1cccc(OC)c1C(=N)N.Cl. The first-order chi connectivity index (χ1) is 6.20. The summed E-state index contributed by atoms with van der Waals surface area (Å²) < 4.78 is 10.1. The second kappa shape index (κ2) is 5.34. The highest BCUT2D eigenvalue weighted by atomic mass is 35.5. The van der Waals surface area contributed by atoms with E-state index < -0.39 is 0 Å². The number of hydrogen-bond donors (Lipinski definition) is 2. The molecule has 0 bridgehead atoms. The molecule has 0 aliphatic rings. The highest BCUT2D eigenvalue weighted by molar-refractivity contribution is 6.00. The van der Waals surface area contributed by atoms with Crippen molar-refractivity contribution in [3.05, 3.63) is 23.8 Å². The van der Waals surface area contributed by atoms with Gasteiger partial charge in [0.05, 0.1) is 19.8 Å². The van der Waals surface area contributed by atoms with Crippen molar-refractivity contribution in [2.45, 2.75) is 0 Å². The predicted octanol–water partition coefficient (Wildman–Crippen LogP) is 1.41. The zero-order valence-electron chi connectivity index (χ0n) is 8.03. The van der Waals surface area contributed by atoms with Crippen LogP contribution in [0.2, 0.25) is 0 Å². The Morgan fingerprint density at radius 3 is 1.93 bits per heavy atom. The van der Waals surface area contributed by atoms with E-state index in [1.54, 1.807) is 18.2 Å². The van der Waals surface area contributed by atoms with Crippen molar-refractivity contribution in [2.24, 2.45) is 5.73 Å². The quantitative estimate of drug-likeness (QED) is 0.593. The summed E-state index contributed by atoms with van der Waals surface area (Å²) in [6.45, 7) is 0. The summed E-state index contributed by atoms with van der Waals surface area (Å²) in [5.41, 5.74) is 5.88. The smallest absolute Gasteiger partial charge is 0.133 e. The van der Waals surface area contributed by atoms with Crippen LogP contribution in [-0.4, -0.2) is 20.1 Å². The van der Waals surface area contributed by atoms with Crippen molar-refractivity contribution in [1.29, 1.82) is 5.41 Å². The highest BCUT2D eigenvalue weighted by Crippen LogP contribution is 2.27. The van der Waals surface area contributed by atoms with Gasteiger partial charge in [0.2, 0.25) is 0 Å². The van der Waals surface area contributed by atoms with Gasteiger partial charge in [-0.3, -0.25) is 5.41 Å². The summed E-state index contributed by atoms with van der Waals surface area (Å²) in [4.78, 5) is 0. The number of hydrogen-bond acceptors (Lipinski definition) is 3. The van der Waals surface area contributed by atoms with E-state index in [1.807, 2.05) is 0 Å². The van der Waals surface area contributed by atoms with Gasteiger partial charge in [0.15, 0.2) is 0 Å². The van der Waals surface area contributed by atoms with Gasteiger partial charge >= 0.3 is 0 Å². The first-order valence-corrected chi connectivity index (χ1v) is 3.76. The number of amidine groups is 1. The second-order valence-electron chi connectivity index (χ2n) is 2.45. The molecular formula is C9H13ClN2O2. The third kappa shape index (κ3) is 2.29. The lowest BCUT2D eigenvalue weighted by Gasteiger charge is -2.10. The van der Waals surface area contributed by atoms with Crippen LogP contribution in [0.3, 0.4) is 0 Å². The Labute approximate surface area is 88.9 Å². The predicted molar refractivity (Wildman–Crippen MR) is 57.8 cm³/mol. The van der Waals surface area contributed by atoms with E-state index in [2.05, 4.69) is 0 Å².